The quantitative estimate of drug-likeness (QED) is 0.336. The Bertz CT molecular complexity index is 80.4. The molecule has 54 valence electrons. The van der Waals surface area contributed by atoms with Crippen LogP contribution in [-0.4, -0.2) is 31.4 Å². The Labute approximate surface area is 56.5 Å². The number of nitrogens with two attached hydrogens (primary N) is 1. The van der Waals surface area contributed by atoms with E-state index in [0.29, 0.717) is 0 Å². The number of hydrazine groups is 1. The van der Waals surface area contributed by atoms with Gasteiger partial charge in [-0.05, 0) is 6.42 Å². The lowest BCUT2D eigenvalue weighted by atomic mass is 10.4. The Balaban J connectivity index is 3.15. The molecule has 0 aliphatic heterocycles. The lowest BCUT2D eigenvalue weighted by Gasteiger charge is -2.10. The van der Waals surface area contributed by atoms with Crippen LogP contribution in [0.25, 0.3) is 0 Å². The number of nitrogens with zero attached hydrogens (tertiary/aromatic N) is 2. The van der Waals surface area contributed by atoms with Crippen LogP contribution in [0.1, 0.15) is 13.3 Å². The zero-order valence-corrected chi connectivity index (χ0v) is 6.17. The van der Waals surface area contributed by atoms with Gasteiger partial charge in [0.05, 0.1) is 0 Å². The maximum atomic E-state index is 5.51. The predicted molar refractivity (Wildman–Crippen MR) is 40.5 cm³/mol. The van der Waals surface area contributed by atoms with Crippen molar-refractivity contribution in [3.8, 4) is 0 Å². The van der Waals surface area contributed by atoms with Gasteiger partial charge in [0.1, 0.15) is 0 Å². The summed E-state index contributed by atoms with van der Waals surface area (Å²) < 4.78 is 0. The third-order valence-corrected chi connectivity index (χ3v) is 1.01. The van der Waals surface area contributed by atoms with Gasteiger partial charge in [-0.15, -0.1) is 0 Å². The van der Waals surface area contributed by atoms with Gasteiger partial charge in [-0.25, -0.2) is 5.01 Å². The van der Waals surface area contributed by atoms with Gasteiger partial charge >= 0.3 is 0 Å². The Hall–Kier alpha value is -0.410. The average Bonchev–Trinajstić information content (AvgIpc) is 1.85. The van der Waals surface area contributed by atoms with E-state index in [9.17, 15) is 0 Å². The van der Waals surface area contributed by atoms with Crippen LogP contribution in [0.2, 0.25) is 0 Å². The van der Waals surface area contributed by atoms with E-state index in [1.165, 1.54) is 0 Å². The SMILES string of the molecule is CCCN(N)C/C=N\C. The van der Waals surface area contributed by atoms with Crippen molar-refractivity contribution >= 4 is 6.21 Å². The van der Waals surface area contributed by atoms with Gasteiger partial charge in [0.2, 0.25) is 0 Å². The fraction of sp³-hybridized carbons (Fsp3) is 0.833. The van der Waals surface area contributed by atoms with E-state index in [-0.39, 0.29) is 0 Å². The second kappa shape index (κ2) is 5.72. The first-order valence-corrected chi connectivity index (χ1v) is 3.21. The molecule has 0 aromatic rings. The molecular weight excluding hydrogens is 114 g/mol. The van der Waals surface area contributed by atoms with Crippen molar-refractivity contribution in [2.24, 2.45) is 10.8 Å². The predicted octanol–water partition coefficient (Wildman–Crippen LogP) is 0.273. The van der Waals surface area contributed by atoms with Gasteiger partial charge in [0.25, 0.3) is 0 Å². The molecule has 0 aliphatic rings. The van der Waals surface area contributed by atoms with Gasteiger partial charge < -0.3 is 0 Å². The van der Waals surface area contributed by atoms with Crippen molar-refractivity contribution in [2.45, 2.75) is 13.3 Å². The Morgan fingerprint density at radius 1 is 1.67 bits per heavy atom. The molecule has 0 aliphatic carbocycles. The van der Waals surface area contributed by atoms with Crippen LogP contribution in [0.15, 0.2) is 4.99 Å². The molecule has 0 rings (SSSR count). The fourth-order valence-corrected chi connectivity index (χ4v) is 0.565. The molecule has 2 N–H and O–H groups in total. The largest absolute Gasteiger partial charge is 0.299 e. The van der Waals surface area contributed by atoms with E-state index < -0.39 is 0 Å². The number of aliphatic imine (C=N–C) groups is 1. The molecule has 0 saturated heterocycles. The van der Waals surface area contributed by atoms with Gasteiger partial charge in [-0.1, -0.05) is 6.92 Å². The van der Waals surface area contributed by atoms with Gasteiger partial charge in [0.15, 0.2) is 0 Å². The average molecular weight is 129 g/mol. The van der Waals surface area contributed by atoms with E-state index in [0.717, 1.165) is 19.5 Å². The first kappa shape index (κ1) is 8.59. The highest BCUT2D eigenvalue weighted by molar-refractivity contribution is 5.59. The minimum Gasteiger partial charge on any atom is -0.299 e. The molecule has 0 bridgehead atoms. The van der Waals surface area contributed by atoms with Crippen molar-refractivity contribution in [1.29, 1.82) is 0 Å². The monoisotopic (exact) mass is 129 g/mol. The van der Waals surface area contributed by atoms with Crippen molar-refractivity contribution < 1.29 is 0 Å². The summed E-state index contributed by atoms with van der Waals surface area (Å²) in [5.74, 6) is 5.51. The van der Waals surface area contributed by atoms with E-state index in [1.807, 2.05) is 0 Å². The highest BCUT2D eigenvalue weighted by Crippen LogP contribution is 1.78. The van der Waals surface area contributed by atoms with Crippen LogP contribution in [0.5, 0.6) is 0 Å². The molecule has 0 aromatic heterocycles. The third-order valence-electron chi connectivity index (χ3n) is 1.01. The number of rotatable bonds is 4. The summed E-state index contributed by atoms with van der Waals surface area (Å²) in [6.45, 7) is 3.79. The minimum absolute atomic E-state index is 0.754. The van der Waals surface area contributed by atoms with Crippen LogP contribution in [0.4, 0.5) is 0 Å². The first-order chi connectivity index (χ1) is 4.31. The van der Waals surface area contributed by atoms with Gasteiger partial charge in [-0.3, -0.25) is 10.8 Å². The second-order valence-electron chi connectivity index (χ2n) is 1.94. The molecule has 0 atom stereocenters. The lowest BCUT2D eigenvalue weighted by Crippen LogP contribution is -2.33. The maximum Gasteiger partial charge on any atom is 0.0478 e. The molecule has 0 aromatic carbocycles. The van der Waals surface area contributed by atoms with Crippen LogP contribution in [0, 0.1) is 0 Å². The molecule has 3 nitrogen and oxygen atoms in total. The van der Waals surface area contributed by atoms with Crippen LogP contribution in [-0.2, 0) is 0 Å². The molecule has 0 radical (unpaired) electrons. The molecule has 0 saturated carbocycles. The number of hydrogen-bond acceptors (Lipinski definition) is 3. The van der Waals surface area contributed by atoms with Crippen molar-refractivity contribution in [2.75, 3.05) is 20.1 Å². The van der Waals surface area contributed by atoms with Crippen molar-refractivity contribution in [3.63, 3.8) is 0 Å². The van der Waals surface area contributed by atoms with E-state index >= 15 is 0 Å². The van der Waals surface area contributed by atoms with Crippen LogP contribution < -0.4 is 5.84 Å². The summed E-state index contributed by atoms with van der Waals surface area (Å²) in [7, 11) is 1.75. The van der Waals surface area contributed by atoms with Crippen LogP contribution >= 0.6 is 0 Å². The molecule has 3 heteroatoms. The third kappa shape index (κ3) is 5.46. The van der Waals surface area contributed by atoms with Crippen molar-refractivity contribution in [1.82, 2.24) is 5.01 Å². The Morgan fingerprint density at radius 2 is 2.33 bits per heavy atom. The highest BCUT2D eigenvalue weighted by Gasteiger charge is 1.90. The Morgan fingerprint density at radius 3 is 2.78 bits per heavy atom. The second-order valence-corrected chi connectivity index (χ2v) is 1.94. The molecule has 0 amide bonds. The summed E-state index contributed by atoms with van der Waals surface area (Å²) in [6, 6.07) is 0. The van der Waals surface area contributed by atoms with Crippen LogP contribution in [0.3, 0.4) is 0 Å². The molecule has 0 fully saturated rings. The molecule has 0 spiro atoms. The zero-order chi connectivity index (χ0) is 7.11. The first-order valence-electron chi connectivity index (χ1n) is 3.21. The van der Waals surface area contributed by atoms with Crippen molar-refractivity contribution in [3.05, 3.63) is 0 Å². The van der Waals surface area contributed by atoms with Gasteiger partial charge in [-0.2, -0.15) is 0 Å². The highest BCUT2D eigenvalue weighted by atomic mass is 15.4. The summed E-state index contributed by atoms with van der Waals surface area (Å²) >= 11 is 0. The topological polar surface area (TPSA) is 41.6 Å². The summed E-state index contributed by atoms with van der Waals surface area (Å²) in [5, 5.41) is 1.74. The summed E-state index contributed by atoms with van der Waals surface area (Å²) in [5.41, 5.74) is 0. The van der Waals surface area contributed by atoms with E-state index in [4.69, 9.17) is 5.84 Å². The molecule has 9 heavy (non-hydrogen) atoms. The fourth-order valence-electron chi connectivity index (χ4n) is 0.565. The maximum absolute atomic E-state index is 5.51. The summed E-state index contributed by atoms with van der Waals surface area (Å²) in [4.78, 5) is 3.81. The molecule has 0 heterocycles. The summed E-state index contributed by atoms with van der Waals surface area (Å²) in [6.07, 6.45) is 2.89. The smallest absolute Gasteiger partial charge is 0.0478 e. The van der Waals surface area contributed by atoms with Gasteiger partial charge in [0, 0.05) is 26.4 Å². The lowest BCUT2D eigenvalue weighted by molar-refractivity contribution is 0.327. The number of hydrogen-bond donors (Lipinski definition) is 1. The minimum atomic E-state index is 0.754. The molecular formula is C6H15N3. The van der Waals surface area contributed by atoms with E-state index in [2.05, 4.69) is 11.9 Å². The Kier molecular flexibility index (Phi) is 5.46. The molecule has 0 unspecified atom stereocenters. The standard InChI is InChI=1S/C6H15N3/c1-3-5-9(7)6-4-8-2/h4H,3,5-7H2,1-2H3/b8-4-. The zero-order valence-electron chi connectivity index (χ0n) is 6.17. The normalized spacial score (nSPS) is 11.6. The van der Waals surface area contributed by atoms with E-state index in [1.54, 1.807) is 18.3 Å².